The fraction of sp³-hybridized carbons (Fsp3) is 0.692. The molecule has 19 heavy (non-hydrogen) atoms. The molecule has 106 valence electrons. The van der Waals surface area contributed by atoms with Crippen molar-refractivity contribution in [2.24, 2.45) is 7.05 Å². The molecule has 0 unspecified atom stereocenters. The van der Waals surface area contributed by atoms with E-state index in [1.54, 1.807) is 17.1 Å². The molecule has 6 nitrogen and oxygen atoms in total. The Balaban J connectivity index is 1.89. The number of aromatic nitrogens is 2. The molecule has 0 radical (unpaired) electrons. The van der Waals surface area contributed by atoms with Crippen LogP contribution in [-0.2, 0) is 11.8 Å². The maximum absolute atomic E-state index is 12.4. The van der Waals surface area contributed by atoms with Gasteiger partial charge in [-0.1, -0.05) is 0 Å². The van der Waals surface area contributed by atoms with Crippen molar-refractivity contribution in [2.75, 3.05) is 45.9 Å². The quantitative estimate of drug-likeness (QED) is 0.765. The van der Waals surface area contributed by atoms with Crippen LogP contribution in [0, 0.1) is 0 Å². The molecular formula is C13H22N4O2. The Morgan fingerprint density at radius 2 is 2.21 bits per heavy atom. The molecule has 0 saturated carbocycles. The molecule has 0 aromatic carbocycles. The third-order valence-electron chi connectivity index (χ3n) is 3.49. The molecule has 2 rings (SSSR count). The second-order valence-corrected chi connectivity index (χ2v) is 4.73. The van der Waals surface area contributed by atoms with Gasteiger partial charge in [-0.3, -0.25) is 9.69 Å². The number of hydrogen-bond acceptors (Lipinski definition) is 4. The molecule has 1 aliphatic rings. The van der Waals surface area contributed by atoms with Crippen LogP contribution >= 0.6 is 0 Å². The van der Waals surface area contributed by atoms with Crippen LogP contribution < -0.4 is 0 Å². The fourth-order valence-corrected chi connectivity index (χ4v) is 2.22. The molecule has 2 heterocycles. The van der Waals surface area contributed by atoms with E-state index in [9.17, 15) is 4.79 Å². The maximum Gasteiger partial charge on any atom is 0.272 e. The Kier molecular flexibility index (Phi) is 4.93. The van der Waals surface area contributed by atoms with Crippen LogP contribution in [0.1, 0.15) is 17.4 Å². The first-order chi connectivity index (χ1) is 9.22. The van der Waals surface area contributed by atoms with Crippen molar-refractivity contribution in [3.8, 4) is 0 Å². The van der Waals surface area contributed by atoms with Crippen molar-refractivity contribution < 1.29 is 9.53 Å². The van der Waals surface area contributed by atoms with Crippen molar-refractivity contribution in [1.29, 1.82) is 0 Å². The average Bonchev–Trinajstić information content (AvgIpc) is 2.86. The van der Waals surface area contributed by atoms with Crippen molar-refractivity contribution in [1.82, 2.24) is 19.4 Å². The Morgan fingerprint density at radius 3 is 2.79 bits per heavy atom. The predicted molar refractivity (Wildman–Crippen MR) is 72.0 cm³/mol. The van der Waals surface area contributed by atoms with E-state index in [2.05, 4.69) is 9.88 Å². The van der Waals surface area contributed by atoms with E-state index in [4.69, 9.17) is 4.74 Å². The summed E-state index contributed by atoms with van der Waals surface area (Å²) in [6.07, 6.45) is 3.28. The molecular weight excluding hydrogens is 244 g/mol. The van der Waals surface area contributed by atoms with Crippen molar-refractivity contribution >= 4 is 5.91 Å². The number of amides is 1. The number of nitrogens with zero attached hydrogens (tertiary/aromatic N) is 4. The van der Waals surface area contributed by atoms with Gasteiger partial charge in [0.05, 0.1) is 25.7 Å². The number of likely N-dealkylation sites (N-methyl/N-ethyl adjacent to an activating group) is 1. The SMILES string of the molecule is CCN(CCN1CCOCC1)C(=O)c1cncn1C. The van der Waals surface area contributed by atoms with Crippen LogP contribution in [0.15, 0.2) is 12.5 Å². The zero-order chi connectivity index (χ0) is 13.7. The first-order valence-corrected chi connectivity index (χ1v) is 6.78. The summed E-state index contributed by atoms with van der Waals surface area (Å²) in [4.78, 5) is 20.6. The largest absolute Gasteiger partial charge is 0.379 e. The minimum Gasteiger partial charge on any atom is -0.379 e. The highest BCUT2D eigenvalue weighted by Crippen LogP contribution is 2.04. The molecule has 1 aromatic heterocycles. The van der Waals surface area contributed by atoms with Crippen LogP contribution in [0.2, 0.25) is 0 Å². The van der Waals surface area contributed by atoms with Crippen LogP contribution in [0.3, 0.4) is 0 Å². The number of imidazole rings is 1. The van der Waals surface area contributed by atoms with Gasteiger partial charge in [0.25, 0.3) is 5.91 Å². The van der Waals surface area contributed by atoms with E-state index < -0.39 is 0 Å². The maximum atomic E-state index is 12.4. The third kappa shape index (κ3) is 3.54. The van der Waals surface area contributed by atoms with Gasteiger partial charge in [0, 0.05) is 39.8 Å². The summed E-state index contributed by atoms with van der Waals surface area (Å²) >= 11 is 0. The van der Waals surface area contributed by atoms with Gasteiger partial charge in [-0.25, -0.2) is 4.98 Å². The third-order valence-corrected chi connectivity index (χ3v) is 3.49. The van der Waals surface area contributed by atoms with Crippen LogP contribution in [0.4, 0.5) is 0 Å². The lowest BCUT2D eigenvalue weighted by Gasteiger charge is -2.29. The molecule has 1 amide bonds. The molecule has 1 aliphatic heterocycles. The number of hydrogen-bond donors (Lipinski definition) is 0. The number of morpholine rings is 1. The zero-order valence-electron chi connectivity index (χ0n) is 11.7. The number of carbonyl (C=O) groups is 1. The van der Waals surface area contributed by atoms with E-state index in [1.165, 1.54) is 0 Å². The van der Waals surface area contributed by atoms with Gasteiger partial charge in [0.15, 0.2) is 0 Å². The van der Waals surface area contributed by atoms with Crippen LogP contribution in [0.25, 0.3) is 0 Å². The summed E-state index contributed by atoms with van der Waals surface area (Å²) in [5, 5.41) is 0. The monoisotopic (exact) mass is 266 g/mol. The average molecular weight is 266 g/mol. The molecule has 0 bridgehead atoms. The molecule has 1 saturated heterocycles. The van der Waals surface area contributed by atoms with E-state index in [-0.39, 0.29) is 5.91 Å². The minimum absolute atomic E-state index is 0.0516. The highest BCUT2D eigenvalue weighted by Gasteiger charge is 2.18. The van der Waals surface area contributed by atoms with Gasteiger partial charge in [0.1, 0.15) is 5.69 Å². The van der Waals surface area contributed by atoms with E-state index in [0.717, 1.165) is 39.4 Å². The van der Waals surface area contributed by atoms with E-state index >= 15 is 0 Å². The summed E-state index contributed by atoms with van der Waals surface area (Å²) < 4.78 is 7.08. The molecule has 1 aromatic rings. The highest BCUT2D eigenvalue weighted by molar-refractivity contribution is 5.92. The van der Waals surface area contributed by atoms with Gasteiger partial charge in [-0.05, 0) is 6.92 Å². The number of rotatable bonds is 5. The standard InChI is InChI=1S/C13H22N4O2/c1-3-17(5-4-16-6-8-19-9-7-16)13(18)12-10-14-11-15(12)2/h10-11H,3-9H2,1-2H3. The number of carbonyl (C=O) groups excluding carboxylic acids is 1. The van der Waals surface area contributed by atoms with Gasteiger partial charge in [-0.15, -0.1) is 0 Å². The van der Waals surface area contributed by atoms with Gasteiger partial charge >= 0.3 is 0 Å². The Labute approximate surface area is 114 Å². The Morgan fingerprint density at radius 1 is 1.47 bits per heavy atom. The fourth-order valence-electron chi connectivity index (χ4n) is 2.22. The first-order valence-electron chi connectivity index (χ1n) is 6.78. The highest BCUT2D eigenvalue weighted by atomic mass is 16.5. The second-order valence-electron chi connectivity index (χ2n) is 4.73. The van der Waals surface area contributed by atoms with Gasteiger partial charge in [0.2, 0.25) is 0 Å². The van der Waals surface area contributed by atoms with E-state index in [1.807, 2.05) is 18.9 Å². The lowest BCUT2D eigenvalue weighted by Crippen LogP contribution is -2.43. The number of ether oxygens (including phenoxy) is 1. The lowest BCUT2D eigenvalue weighted by atomic mass is 10.3. The molecule has 0 spiro atoms. The summed E-state index contributed by atoms with van der Waals surface area (Å²) in [5.74, 6) is 0.0516. The van der Waals surface area contributed by atoms with Crippen LogP contribution in [-0.4, -0.2) is 71.2 Å². The lowest BCUT2D eigenvalue weighted by molar-refractivity contribution is 0.0327. The summed E-state index contributed by atoms with van der Waals surface area (Å²) in [6.45, 7) is 7.88. The van der Waals surface area contributed by atoms with E-state index in [0.29, 0.717) is 12.2 Å². The van der Waals surface area contributed by atoms with Crippen molar-refractivity contribution in [2.45, 2.75) is 6.92 Å². The van der Waals surface area contributed by atoms with Crippen molar-refractivity contribution in [3.63, 3.8) is 0 Å². The topological polar surface area (TPSA) is 50.6 Å². The number of aryl methyl sites for hydroxylation is 1. The zero-order valence-corrected chi connectivity index (χ0v) is 11.7. The minimum atomic E-state index is 0.0516. The van der Waals surface area contributed by atoms with Crippen molar-refractivity contribution in [3.05, 3.63) is 18.2 Å². The molecule has 6 heteroatoms. The Hall–Kier alpha value is -1.40. The second kappa shape index (κ2) is 6.68. The normalized spacial score (nSPS) is 16.5. The first kappa shape index (κ1) is 14.0. The van der Waals surface area contributed by atoms with Gasteiger partial charge in [-0.2, -0.15) is 0 Å². The Bertz CT molecular complexity index is 413. The molecule has 1 fully saturated rings. The molecule has 0 aliphatic carbocycles. The van der Waals surface area contributed by atoms with Crippen LogP contribution in [0.5, 0.6) is 0 Å². The molecule has 0 atom stereocenters. The smallest absolute Gasteiger partial charge is 0.272 e. The predicted octanol–water partition coefficient (Wildman–Crippen LogP) is 0.214. The van der Waals surface area contributed by atoms with Gasteiger partial charge < -0.3 is 14.2 Å². The summed E-state index contributed by atoms with van der Waals surface area (Å²) in [7, 11) is 1.84. The summed E-state index contributed by atoms with van der Waals surface area (Å²) in [6, 6.07) is 0. The molecule has 0 N–H and O–H groups in total. The summed E-state index contributed by atoms with van der Waals surface area (Å²) in [5.41, 5.74) is 0.642.